The molecule has 0 saturated carbocycles. The molecule has 0 aliphatic carbocycles. The van der Waals surface area contributed by atoms with Crippen LogP contribution in [0.5, 0.6) is 0 Å². The number of benzene rings is 2. The summed E-state index contributed by atoms with van der Waals surface area (Å²) in [5.41, 5.74) is 2.10. The Bertz CT molecular complexity index is 1610. The van der Waals surface area contributed by atoms with Gasteiger partial charge in [0.2, 0.25) is 0 Å². The topological polar surface area (TPSA) is 106 Å². The van der Waals surface area contributed by atoms with Crippen LogP contribution in [0.4, 0.5) is 14.6 Å². The lowest BCUT2D eigenvalue weighted by Crippen LogP contribution is -2.38. The lowest BCUT2D eigenvalue weighted by atomic mass is 10.1. The van der Waals surface area contributed by atoms with Gasteiger partial charge >= 0.3 is 5.97 Å². The number of hydrogen-bond donors (Lipinski definition) is 1. The number of carboxylic acids is 1. The van der Waals surface area contributed by atoms with Crippen molar-refractivity contribution in [2.75, 3.05) is 4.90 Å². The number of nitrogens with zero attached hydrogens (tertiary/aromatic N) is 6. The van der Waals surface area contributed by atoms with Crippen LogP contribution in [0.15, 0.2) is 73.2 Å². The molecule has 11 heteroatoms. The first-order chi connectivity index (χ1) is 17.7. The fraction of sp³-hybridized carbons (Fsp3) is 0.115. The number of carbonyl (C=O) groups is 2. The van der Waals surface area contributed by atoms with Crippen LogP contribution >= 0.6 is 0 Å². The van der Waals surface area contributed by atoms with Gasteiger partial charge in [-0.3, -0.25) is 9.69 Å². The first kappa shape index (κ1) is 23.8. The second-order valence-electron chi connectivity index (χ2n) is 8.51. The third-order valence-corrected chi connectivity index (χ3v) is 5.71. The summed E-state index contributed by atoms with van der Waals surface area (Å²) >= 11 is 0. The van der Waals surface area contributed by atoms with Crippen LogP contribution in [0, 0.1) is 11.6 Å². The first-order valence-electron chi connectivity index (χ1n) is 11.3. The molecular weight excluding hydrogens is 482 g/mol. The van der Waals surface area contributed by atoms with Crippen LogP contribution in [-0.4, -0.2) is 47.4 Å². The Hall–Kier alpha value is -4.93. The zero-order chi connectivity index (χ0) is 26.3. The highest BCUT2D eigenvalue weighted by Gasteiger charge is 2.30. The van der Waals surface area contributed by atoms with Gasteiger partial charge in [-0.15, -0.1) is 5.10 Å². The summed E-state index contributed by atoms with van der Waals surface area (Å²) in [4.78, 5) is 30.6. The van der Waals surface area contributed by atoms with Crippen molar-refractivity contribution in [3.05, 3.63) is 95.9 Å². The van der Waals surface area contributed by atoms with Crippen molar-refractivity contribution in [2.45, 2.75) is 19.9 Å². The number of anilines is 1. The Kier molecular flexibility index (Phi) is 5.96. The Morgan fingerprint density at radius 2 is 1.76 bits per heavy atom. The third-order valence-electron chi connectivity index (χ3n) is 5.71. The van der Waals surface area contributed by atoms with E-state index in [9.17, 15) is 23.5 Å². The molecule has 186 valence electrons. The lowest BCUT2D eigenvalue weighted by Gasteiger charge is -2.25. The monoisotopic (exact) mass is 502 g/mol. The number of fused-ring (bicyclic) bond motifs is 1. The normalized spacial score (nSPS) is 11.3. The van der Waals surface area contributed by atoms with Crippen LogP contribution in [-0.2, 0) is 0 Å². The van der Waals surface area contributed by atoms with Crippen molar-refractivity contribution in [3.8, 4) is 16.9 Å². The number of aromatic nitrogens is 5. The van der Waals surface area contributed by atoms with Crippen molar-refractivity contribution in [1.29, 1.82) is 0 Å². The summed E-state index contributed by atoms with van der Waals surface area (Å²) in [5, 5.41) is 18.7. The number of rotatable bonds is 6. The molecule has 0 aliphatic heterocycles. The van der Waals surface area contributed by atoms with Crippen LogP contribution < -0.4 is 4.90 Å². The van der Waals surface area contributed by atoms with Crippen molar-refractivity contribution < 1.29 is 23.5 Å². The maximum absolute atomic E-state index is 14.4. The van der Waals surface area contributed by atoms with E-state index < -0.39 is 35.1 Å². The predicted molar refractivity (Wildman–Crippen MR) is 131 cm³/mol. The molecule has 37 heavy (non-hydrogen) atoms. The summed E-state index contributed by atoms with van der Waals surface area (Å²) in [6, 6.07) is 12.7. The average Bonchev–Trinajstić information content (AvgIpc) is 3.49. The molecule has 5 rings (SSSR count). The van der Waals surface area contributed by atoms with E-state index in [4.69, 9.17) is 0 Å². The molecule has 5 aromatic rings. The van der Waals surface area contributed by atoms with Gasteiger partial charge in [0.15, 0.2) is 11.5 Å². The van der Waals surface area contributed by atoms with Gasteiger partial charge in [0.1, 0.15) is 17.2 Å². The maximum Gasteiger partial charge on any atom is 0.341 e. The summed E-state index contributed by atoms with van der Waals surface area (Å²) in [5.74, 6) is -4.19. The van der Waals surface area contributed by atoms with Gasteiger partial charge in [0.25, 0.3) is 5.91 Å². The van der Waals surface area contributed by atoms with Crippen LogP contribution in [0.3, 0.4) is 0 Å². The van der Waals surface area contributed by atoms with Crippen molar-refractivity contribution in [3.63, 3.8) is 0 Å². The van der Waals surface area contributed by atoms with Gasteiger partial charge in [-0.2, -0.15) is 5.10 Å². The molecule has 3 heterocycles. The van der Waals surface area contributed by atoms with Gasteiger partial charge in [0, 0.05) is 42.3 Å². The van der Waals surface area contributed by atoms with E-state index >= 15 is 0 Å². The van der Waals surface area contributed by atoms with E-state index in [1.165, 1.54) is 10.9 Å². The highest BCUT2D eigenvalue weighted by molar-refractivity contribution is 6.09. The molecule has 0 aliphatic rings. The molecule has 3 aromatic heterocycles. The minimum atomic E-state index is -1.31. The van der Waals surface area contributed by atoms with Gasteiger partial charge < -0.3 is 5.11 Å². The third kappa shape index (κ3) is 4.42. The fourth-order valence-corrected chi connectivity index (χ4v) is 3.95. The van der Waals surface area contributed by atoms with Crippen molar-refractivity contribution in [1.82, 2.24) is 24.4 Å². The molecule has 0 atom stereocenters. The Labute approximate surface area is 209 Å². The quantitative estimate of drug-likeness (QED) is 0.364. The number of hydrogen-bond acceptors (Lipinski definition) is 5. The van der Waals surface area contributed by atoms with Gasteiger partial charge in [0.05, 0.1) is 16.9 Å². The van der Waals surface area contributed by atoms with Crippen LogP contribution in [0.25, 0.3) is 22.6 Å². The molecule has 2 aromatic carbocycles. The molecule has 9 nitrogen and oxygen atoms in total. The molecule has 0 unspecified atom stereocenters. The molecular formula is C26H20F2N6O3. The molecule has 0 radical (unpaired) electrons. The van der Waals surface area contributed by atoms with E-state index in [2.05, 4.69) is 15.2 Å². The number of carbonyl (C=O) groups excluding carboxylic acids is 1. The molecule has 1 N–H and O–H groups in total. The van der Waals surface area contributed by atoms with E-state index in [-0.39, 0.29) is 11.4 Å². The summed E-state index contributed by atoms with van der Waals surface area (Å²) in [6.45, 7) is 3.28. The fourth-order valence-electron chi connectivity index (χ4n) is 3.95. The Morgan fingerprint density at radius 1 is 1.00 bits per heavy atom. The summed E-state index contributed by atoms with van der Waals surface area (Å²) in [6.07, 6.45) is 4.75. The van der Waals surface area contributed by atoms with Crippen LogP contribution in [0.1, 0.15) is 34.6 Å². The SMILES string of the molecule is CC(C)N(C(=O)c1ccc(F)cc1F)c1nn(-c2ccc(-c3cc4ncccn4n3)cc2)cc1C(=O)O. The second-order valence-corrected chi connectivity index (χ2v) is 8.51. The predicted octanol–water partition coefficient (Wildman–Crippen LogP) is 4.61. The number of amides is 1. The first-order valence-corrected chi connectivity index (χ1v) is 11.3. The van der Waals surface area contributed by atoms with E-state index in [0.29, 0.717) is 23.1 Å². The van der Waals surface area contributed by atoms with E-state index in [1.54, 1.807) is 61.1 Å². The van der Waals surface area contributed by atoms with Gasteiger partial charge in [-0.05, 0) is 44.2 Å². The zero-order valence-electron chi connectivity index (χ0n) is 19.7. The van der Waals surface area contributed by atoms with E-state index in [0.717, 1.165) is 22.6 Å². The highest BCUT2D eigenvalue weighted by Crippen LogP contribution is 2.27. The molecule has 0 fully saturated rings. The lowest BCUT2D eigenvalue weighted by molar-refractivity contribution is 0.0697. The van der Waals surface area contributed by atoms with Gasteiger partial charge in [-0.1, -0.05) is 12.1 Å². The van der Waals surface area contributed by atoms with E-state index in [1.807, 2.05) is 6.07 Å². The maximum atomic E-state index is 14.4. The highest BCUT2D eigenvalue weighted by atomic mass is 19.1. The zero-order valence-corrected chi connectivity index (χ0v) is 19.7. The standard InChI is InChI=1S/C26H20F2N6O3/c1-15(2)34(25(35)19-9-6-17(27)12-21(19)28)24-20(26(36)37)14-33(31-24)18-7-4-16(5-8-18)22-13-23-29-10-3-11-32(23)30-22/h3-15H,1-2H3,(H,36,37). The average molecular weight is 502 g/mol. The molecule has 0 spiro atoms. The van der Waals surface area contributed by atoms with Crippen molar-refractivity contribution >= 4 is 23.3 Å². The van der Waals surface area contributed by atoms with Gasteiger partial charge in [-0.25, -0.2) is 27.8 Å². The minimum absolute atomic E-state index is 0.160. The molecule has 1 amide bonds. The Morgan fingerprint density at radius 3 is 2.41 bits per heavy atom. The summed E-state index contributed by atoms with van der Waals surface area (Å²) in [7, 11) is 0. The smallest absolute Gasteiger partial charge is 0.341 e. The Balaban J connectivity index is 1.52. The largest absolute Gasteiger partial charge is 0.477 e. The summed E-state index contributed by atoms with van der Waals surface area (Å²) < 4.78 is 30.7. The van der Waals surface area contributed by atoms with Crippen molar-refractivity contribution in [2.24, 2.45) is 0 Å². The molecule has 0 saturated heterocycles. The van der Waals surface area contributed by atoms with Crippen LogP contribution in [0.2, 0.25) is 0 Å². The number of carboxylic acid groups (broad SMARTS) is 1. The molecule has 0 bridgehead atoms. The minimum Gasteiger partial charge on any atom is -0.477 e. The number of aromatic carboxylic acids is 1. The second kappa shape index (κ2) is 9.26. The number of halogens is 2.